The van der Waals surface area contributed by atoms with E-state index in [1.165, 1.54) is 5.56 Å². The van der Waals surface area contributed by atoms with Crippen molar-refractivity contribution in [1.82, 2.24) is 0 Å². The van der Waals surface area contributed by atoms with E-state index in [4.69, 9.17) is 15.4 Å². The molecule has 1 heterocycles. The van der Waals surface area contributed by atoms with Gasteiger partial charge in [0.05, 0.1) is 6.07 Å². The molecule has 0 aliphatic heterocycles. The molecule has 0 aliphatic rings. The SMILES string of the molecule is C=C(/C=C(\C)C#N)/C(N)=C/C=C\Cc1ccc2oc3ccccc3c2c1. The molecule has 0 amide bonds. The van der Waals surface area contributed by atoms with Gasteiger partial charge in [-0.2, -0.15) is 5.26 Å². The quantitative estimate of drug-likeness (QED) is 0.489. The van der Waals surface area contributed by atoms with Gasteiger partial charge in [0.2, 0.25) is 0 Å². The minimum atomic E-state index is 0.548. The zero-order chi connectivity index (χ0) is 18.5. The molecule has 128 valence electrons. The van der Waals surface area contributed by atoms with Gasteiger partial charge in [0, 0.05) is 22.0 Å². The second-order valence-electron chi connectivity index (χ2n) is 6.15. The van der Waals surface area contributed by atoms with E-state index in [2.05, 4.69) is 30.8 Å². The second kappa shape index (κ2) is 7.58. The van der Waals surface area contributed by atoms with Gasteiger partial charge in [-0.15, -0.1) is 0 Å². The van der Waals surface area contributed by atoms with Gasteiger partial charge in [-0.25, -0.2) is 0 Å². The Morgan fingerprint density at radius 2 is 1.96 bits per heavy atom. The number of hydrogen-bond acceptors (Lipinski definition) is 3. The third-order valence-corrected chi connectivity index (χ3v) is 4.14. The maximum absolute atomic E-state index is 8.79. The van der Waals surface area contributed by atoms with E-state index in [9.17, 15) is 0 Å². The first-order chi connectivity index (χ1) is 12.6. The van der Waals surface area contributed by atoms with Gasteiger partial charge in [-0.05, 0) is 54.8 Å². The zero-order valence-electron chi connectivity index (χ0n) is 14.7. The molecule has 0 bridgehead atoms. The van der Waals surface area contributed by atoms with E-state index in [1.807, 2.05) is 36.4 Å². The van der Waals surface area contributed by atoms with E-state index in [0.29, 0.717) is 16.8 Å². The summed E-state index contributed by atoms with van der Waals surface area (Å²) in [6.45, 7) is 5.60. The van der Waals surface area contributed by atoms with Crippen molar-refractivity contribution in [1.29, 1.82) is 5.26 Å². The lowest BCUT2D eigenvalue weighted by Gasteiger charge is -1.99. The van der Waals surface area contributed by atoms with Crippen LogP contribution in [0.5, 0.6) is 0 Å². The molecule has 3 heteroatoms. The Hall–Kier alpha value is -3.51. The number of nitrogens with two attached hydrogens (primary N) is 1. The van der Waals surface area contributed by atoms with Crippen LogP contribution in [0.15, 0.2) is 94.6 Å². The summed E-state index contributed by atoms with van der Waals surface area (Å²) in [5.41, 5.74) is 10.7. The van der Waals surface area contributed by atoms with Crippen LogP contribution in [0.2, 0.25) is 0 Å². The van der Waals surface area contributed by atoms with Crippen LogP contribution < -0.4 is 5.73 Å². The molecule has 2 aromatic carbocycles. The standard InChI is InChI=1S/C23H20N2O/c1-16(15-24)13-17(2)21(25)9-5-3-7-18-11-12-23-20(14-18)19-8-4-6-10-22(19)26-23/h3-6,8-14H,2,7,25H2,1H3/b5-3-,16-13+,21-9-. The van der Waals surface area contributed by atoms with Crippen LogP contribution in [0.25, 0.3) is 21.9 Å². The fourth-order valence-corrected chi connectivity index (χ4v) is 2.76. The fraction of sp³-hybridized carbons (Fsp3) is 0.0870. The van der Waals surface area contributed by atoms with E-state index in [0.717, 1.165) is 28.4 Å². The topological polar surface area (TPSA) is 63.0 Å². The molecule has 3 nitrogen and oxygen atoms in total. The number of para-hydroxylation sites is 1. The number of nitrogens with zero attached hydrogens (tertiary/aromatic N) is 1. The van der Waals surface area contributed by atoms with Crippen molar-refractivity contribution in [2.75, 3.05) is 0 Å². The lowest BCUT2D eigenvalue weighted by Crippen LogP contribution is -1.98. The predicted octanol–water partition coefficient (Wildman–Crippen LogP) is 5.55. The monoisotopic (exact) mass is 340 g/mol. The highest BCUT2D eigenvalue weighted by atomic mass is 16.3. The summed E-state index contributed by atoms with van der Waals surface area (Å²) in [7, 11) is 0. The minimum absolute atomic E-state index is 0.548. The van der Waals surface area contributed by atoms with Crippen LogP contribution in [0.1, 0.15) is 12.5 Å². The van der Waals surface area contributed by atoms with Gasteiger partial charge >= 0.3 is 0 Å². The number of benzene rings is 2. The van der Waals surface area contributed by atoms with Crippen LogP contribution in [0.3, 0.4) is 0 Å². The molecule has 0 radical (unpaired) electrons. The lowest BCUT2D eigenvalue weighted by atomic mass is 10.1. The molecule has 0 saturated carbocycles. The molecule has 0 unspecified atom stereocenters. The third-order valence-electron chi connectivity index (χ3n) is 4.14. The molecule has 2 N–H and O–H groups in total. The molecule has 3 aromatic rings. The molecule has 1 aromatic heterocycles. The zero-order valence-corrected chi connectivity index (χ0v) is 14.7. The second-order valence-corrected chi connectivity index (χ2v) is 6.15. The molecule has 0 saturated heterocycles. The van der Waals surface area contributed by atoms with Crippen LogP contribution in [-0.4, -0.2) is 0 Å². The van der Waals surface area contributed by atoms with Crippen molar-refractivity contribution in [2.45, 2.75) is 13.3 Å². The van der Waals surface area contributed by atoms with Crippen molar-refractivity contribution < 1.29 is 4.42 Å². The molecular weight excluding hydrogens is 320 g/mol. The third kappa shape index (κ3) is 3.76. The first kappa shape index (κ1) is 17.3. The highest BCUT2D eigenvalue weighted by Gasteiger charge is 2.06. The average molecular weight is 340 g/mol. The van der Waals surface area contributed by atoms with Crippen LogP contribution in [0, 0.1) is 11.3 Å². The molecular formula is C23H20N2O. The largest absolute Gasteiger partial charge is 0.456 e. The number of furan rings is 1. The van der Waals surface area contributed by atoms with Gasteiger partial charge in [0.25, 0.3) is 0 Å². The molecule has 3 rings (SSSR count). The van der Waals surface area contributed by atoms with Crippen molar-refractivity contribution in [3.63, 3.8) is 0 Å². The summed E-state index contributed by atoms with van der Waals surface area (Å²) in [5.74, 6) is 0. The number of rotatable bonds is 5. The molecule has 0 atom stereocenters. The van der Waals surface area contributed by atoms with E-state index in [1.54, 1.807) is 19.1 Å². The molecule has 0 fully saturated rings. The number of nitriles is 1. The minimum Gasteiger partial charge on any atom is -0.456 e. The molecule has 0 aliphatic carbocycles. The maximum Gasteiger partial charge on any atom is 0.135 e. The first-order valence-electron chi connectivity index (χ1n) is 8.38. The Bertz CT molecular complexity index is 1100. The summed E-state index contributed by atoms with van der Waals surface area (Å²) in [4.78, 5) is 0. The number of allylic oxidation sites excluding steroid dienone is 5. The summed E-state index contributed by atoms with van der Waals surface area (Å²) < 4.78 is 5.85. The van der Waals surface area contributed by atoms with Crippen LogP contribution >= 0.6 is 0 Å². The smallest absolute Gasteiger partial charge is 0.135 e. The molecule has 26 heavy (non-hydrogen) atoms. The van der Waals surface area contributed by atoms with Gasteiger partial charge in [0.1, 0.15) is 11.2 Å². The van der Waals surface area contributed by atoms with Crippen LogP contribution in [0.4, 0.5) is 0 Å². The van der Waals surface area contributed by atoms with E-state index >= 15 is 0 Å². The highest BCUT2D eigenvalue weighted by Crippen LogP contribution is 2.29. The Kier molecular flexibility index (Phi) is 5.05. The Morgan fingerprint density at radius 3 is 2.77 bits per heavy atom. The summed E-state index contributed by atoms with van der Waals surface area (Å²) in [6, 6.07) is 16.4. The Morgan fingerprint density at radius 1 is 1.19 bits per heavy atom. The van der Waals surface area contributed by atoms with Gasteiger partial charge in [-0.1, -0.05) is 43.0 Å². The number of hydrogen-bond donors (Lipinski definition) is 1. The summed E-state index contributed by atoms with van der Waals surface area (Å²) in [5, 5.41) is 11.1. The van der Waals surface area contributed by atoms with Crippen molar-refractivity contribution in [2.24, 2.45) is 5.73 Å². The molecule has 0 spiro atoms. The van der Waals surface area contributed by atoms with Crippen molar-refractivity contribution in [3.05, 3.63) is 95.8 Å². The lowest BCUT2D eigenvalue weighted by molar-refractivity contribution is 0.669. The van der Waals surface area contributed by atoms with Gasteiger partial charge in [0.15, 0.2) is 0 Å². The number of fused-ring (bicyclic) bond motifs is 3. The Labute approximate surface area is 153 Å². The Balaban J connectivity index is 1.74. The fourth-order valence-electron chi connectivity index (χ4n) is 2.76. The average Bonchev–Trinajstić information content (AvgIpc) is 3.02. The highest BCUT2D eigenvalue weighted by molar-refractivity contribution is 6.04. The van der Waals surface area contributed by atoms with E-state index in [-0.39, 0.29) is 0 Å². The van der Waals surface area contributed by atoms with Crippen LogP contribution in [-0.2, 0) is 6.42 Å². The van der Waals surface area contributed by atoms with Gasteiger partial charge < -0.3 is 10.2 Å². The summed E-state index contributed by atoms with van der Waals surface area (Å²) >= 11 is 0. The van der Waals surface area contributed by atoms with E-state index < -0.39 is 0 Å². The van der Waals surface area contributed by atoms with Gasteiger partial charge in [-0.3, -0.25) is 0 Å². The van der Waals surface area contributed by atoms with Crippen molar-refractivity contribution in [3.8, 4) is 6.07 Å². The maximum atomic E-state index is 8.79. The first-order valence-corrected chi connectivity index (χ1v) is 8.38. The van der Waals surface area contributed by atoms with Crippen molar-refractivity contribution >= 4 is 21.9 Å². The normalized spacial score (nSPS) is 12.8. The predicted molar refractivity (Wildman–Crippen MR) is 107 cm³/mol. The summed E-state index contributed by atoms with van der Waals surface area (Å²) in [6.07, 6.45) is 8.23.